The lowest BCUT2D eigenvalue weighted by Gasteiger charge is -2.21. The van der Waals surface area contributed by atoms with E-state index in [4.69, 9.17) is 39.5 Å². The molecule has 0 aromatic heterocycles. The minimum absolute atomic E-state index is 0.0142. The monoisotopic (exact) mass is 560 g/mol. The minimum Gasteiger partial charge on any atom is -0.481 e. The van der Waals surface area contributed by atoms with Gasteiger partial charge in [0.2, 0.25) is 0 Å². The lowest BCUT2D eigenvalue weighted by Crippen LogP contribution is -2.21. The Bertz CT molecular complexity index is 1310. The summed E-state index contributed by atoms with van der Waals surface area (Å²) < 4.78 is 85.7. The van der Waals surface area contributed by atoms with Gasteiger partial charge in [0.1, 0.15) is 11.9 Å². The molecule has 0 fully saturated rings. The topological polar surface area (TPSA) is 98.5 Å². The van der Waals surface area contributed by atoms with Crippen LogP contribution in [0.2, 0.25) is 10.0 Å². The molecule has 0 amide bonds. The van der Waals surface area contributed by atoms with Crippen molar-refractivity contribution in [2.75, 3.05) is 4.72 Å². The Hall–Kier alpha value is -2.54. The number of anilines is 1. The fraction of sp³-hybridized carbons (Fsp3) is 0.158. The van der Waals surface area contributed by atoms with Crippen molar-refractivity contribution in [1.29, 1.82) is 0 Å². The summed E-state index contributed by atoms with van der Waals surface area (Å²) in [5, 5.41) is 10.1. The van der Waals surface area contributed by atoms with Gasteiger partial charge >= 0.3 is 6.18 Å². The first-order chi connectivity index (χ1) is 15.7. The van der Waals surface area contributed by atoms with Gasteiger partial charge in [0.25, 0.3) is 15.7 Å². The molecule has 1 atom stereocenters. The molecule has 34 heavy (non-hydrogen) atoms. The van der Waals surface area contributed by atoms with E-state index < -0.39 is 49.2 Å². The third kappa shape index (κ3) is 5.74. The number of sulfonamides is 1. The molecule has 2 aromatic carbocycles. The summed E-state index contributed by atoms with van der Waals surface area (Å²) >= 11 is 18.2. The van der Waals surface area contributed by atoms with Gasteiger partial charge in [-0.25, -0.2) is 12.8 Å². The number of benzene rings is 2. The fourth-order valence-corrected chi connectivity index (χ4v) is 4.94. The summed E-state index contributed by atoms with van der Waals surface area (Å²) in [5.41, 5.74) is -2.69. The van der Waals surface area contributed by atoms with E-state index in [2.05, 4.69) is 0 Å². The highest BCUT2D eigenvalue weighted by Crippen LogP contribution is 2.40. The molecule has 1 N–H and O–H groups in total. The van der Waals surface area contributed by atoms with Crippen LogP contribution >= 0.6 is 34.8 Å². The number of allylic oxidation sites excluding steroid dienone is 1. The first-order valence-electron chi connectivity index (χ1n) is 8.96. The number of hydrogen-bond acceptors (Lipinski definition) is 5. The van der Waals surface area contributed by atoms with E-state index in [1.807, 2.05) is 0 Å². The number of nitro groups is 1. The summed E-state index contributed by atoms with van der Waals surface area (Å²) in [6.07, 6.45) is -3.58. The zero-order valence-electron chi connectivity index (χ0n) is 16.4. The molecule has 0 radical (unpaired) electrons. The van der Waals surface area contributed by atoms with Crippen LogP contribution in [0, 0.1) is 15.9 Å². The normalized spacial score (nSPS) is 16.5. The van der Waals surface area contributed by atoms with E-state index in [0.717, 1.165) is 18.2 Å². The summed E-state index contributed by atoms with van der Waals surface area (Å²) in [7, 11) is -4.70. The van der Waals surface area contributed by atoms with Crippen LogP contribution in [0.25, 0.3) is 0 Å². The molecule has 1 unspecified atom stereocenters. The molecule has 0 saturated carbocycles. The second-order valence-corrected chi connectivity index (χ2v) is 9.70. The Morgan fingerprint density at radius 1 is 1.12 bits per heavy atom. The van der Waals surface area contributed by atoms with Gasteiger partial charge in [0, 0.05) is 12.5 Å². The van der Waals surface area contributed by atoms with Crippen molar-refractivity contribution in [3.05, 3.63) is 84.8 Å². The van der Waals surface area contributed by atoms with Crippen LogP contribution in [0.4, 0.5) is 23.2 Å². The standard InChI is InChI=1S/C19H11Cl3F4N2O5S/c20-13-6-10(28(29)30)2-4-17(13)33-18-14(21)7-11(8-15(18)22)34(31,32)27-16-5-9(23)1-3-12(16)19(24,25)26/h1-3,5-8,17,27H,4H2. The molecule has 0 aliphatic heterocycles. The zero-order chi connectivity index (χ0) is 25.4. The Morgan fingerprint density at radius 2 is 1.74 bits per heavy atom. The lowest BCUT2D eigenvalue weighted by atomic mass is 10.1. The van der Waals surface area contributed by atoms with Crippen molar-refractivity contribution in [3.63, 3.8) is 0 Å². The highest BCUT2D eigenvalue weighted by molar-refractivity contribution is 7.92. The van der Waals surface area contributed by atoms with Crippen LogP contribution in [0.5, 0.6) is 5.75 Å². The van der Waals surface area contributed by atoms with E-state index in [-0.39, 0.29) is 32.9 Å². The Balaban J connectivity index is 1.90. The summed E-state index contributed by atoms with van der Waals surface area (Å²) in [4.78, 5) is 9.56. The summed E-state index contributed by atoms with van der Waals surface area (Å²) in [5.74, 6) is -1.31. The molecule has 2 aromatic rings. The van der Waals surface area contributed by atoms with Gasteiger partial charge in [-0.15, -0.1) is 0 Å². The first-order valence-corrected chi connectivity index (χ1v) is 11.6. The molecule has 15 heteroatoms. The first kappa shape index (κ1) is 26.1. The predicted molar refractivity (Wildman–Crippen MR) is 117 cm³/mol. The molecule has 0 bridgehead atoms. The average molecular weight is 562 g/mol. The number of hydrogen-bond donors (Lipinski definition) is 1. The van der Waals surface area contributed by atoms with Crippen LogP contribution in [-0.4, -0.2) is 19.4 Å². The van der Waals surface area contributed by atoms with Crippen LogP contribution in [0.1, 0.15) is 12.0 Å². The van der Waals surface area contributed by atoms with E-state index in [0.29, 0.717) is 18.2 Å². The Kier molecular flexibility index (Phi) is 7.37. The SMILES string of the molecule is O=[N+]([O-])C1=CCC(Oc2c(Cl)cc(S(=O)(=O)Nc3cc(F)ccc3C(F)(F)F)cc2Cl)C(Cl)=C1. The van der Waals surface area contributed by atoms with Crippen molar-refractivity contribution in [3.8, 4) is 5.75 Å². The molecular formula is C19H11Cl3F4N2O5S. The lowest BCUT2D eigenvalue weighted by molar-refractivity contribution is -0.419. The molecule has 0 spiro atoms. The third-order valence-corrected chi connectivity index (χ3v) is 6.68. The smallest absolute Gasteiger partial charge is 0.418 e. The quantitative estimate of drug-likeness (QED) is 0.250. The fourth-order valence-electron chi connectivity index (χ4n) is 2.86. The molecule has 0 heterocycles. The van der Waals surface area contributed by atoms with Crippen LogP contribution in [0.15, 0.2) is 58.1 Å². The van der Waals surface area contributed by atoms with E-state index in [1.165, 1.54) is 6.08 Å². The highest BCUT2D eigenvalue weighted by Gasteiger charge is 2.35. The third-order valence-electron chi connectivity index (χ3n) is 4.42. The van der Waals surface area contributed by atoms with Crippen LogP contribution < -0.4 is 9.46 Å². The van der Waals surface area contributed by atoms with E-state index in [9.17, 15) is 36.1 Å². The van der Waals surface area contributed by atoms with Gasteiger partial charge in [-0.2, -0.15) is 13.2 Å². The number of rotatable bonds is 6. The van der Waals surface area contributed by atoms with Crippen molar-refractivity contribution >= 4 is 50.5 Å². The number of ether oxygens (including phenoxy) is 1. The van der Waals surface area contributed by atoms with Crippen molar-refractivity contribution in [1.82, 2.24) is 0 Å². The largest absolute Gasteiger partial charge is 0.481 e. The molecule has 1 aliphatic rings. The number of nitrogens with zero attached hydrogens (tertiary/aromatic N) is 1. The maximum absolute atomic E-state index is 13.5. The van der Waals surface area contributed by atoms with Crippen molar-refractivity contribution < 1.29 is 35.6 Å². The number of alkyl halides is 3. The van der Waals surface area contributed by atoms with Gasteiger partial charge in [0.05, 0.1) is 36.1 Å². The van der Waals surface area contributed by atoms with E-state index >= 15 is 0 Å². The van der Waals surface area contributed by atoms with Crippen LogP contribution in [-0.2, 0) is 16.2 Å². The second kappa shape index (κ2) is 9.61. The predicted octanol–water partition coefficient (Wildman–Crippen LogP) is 6.39. The van der Waals surface area contributed by atoms with Crippen molar-refractivity contribution in [2.24, 2.45) is 0 Å². The Labute approximate surface area is 204 Å². The molecular weight excluding hydrogens is 551 g/mol. The van der Waals surface area contributed by atoms with Crippen LogP contribution in [0.3, 0.4) is 0 Å². The maximum atomic E-state index is 13.5. The number of halogens is 7. The van der Waals surface area contributed by atoms with E-state index in [1.54, 1.807) is 4.72 Å². The molecule has 3 rings (SSSR count). The molecule has 0 saturated heterocycles. The molecule has 182 valence electrons. The Morgan fingerprint density at radius 3 is 2.26 bits per heavy atom. The average Bonchev–Trinajstić information content (AvgIpc) is 2.70. The number of nitrogens with one attached hydrogen (secondary N) is 1. The maximum Gasteiger partial charge on any atom is 0.418 e. The highest BCUT2D eigenvalue weighted by atomic mass is 35.5. The summed E-state index contributed by atoms with van der Waals surface area (Å²) in [6, 6.07) is 3.03. The van der Waals surface area contributed by atoms with Gasteiger partial charge in [-0.05, 0) is 36.4 Å². The van der Waals surface area contributed by atoms with Crippen molar-refractivity contribution in [2.45, 2.75) is 23.6 Å². The second-order valence-electron chi connectivity index (χ2n) is 6.77. The summed E-state index contributed by atoms with van der Waals surface area (Å²) in [6.45, 7) is 0. The zero-order valence-corrected chi connectivity index (χ0v) is 19.5. The molecule has 7 nitrogen and oxygen atoms in total. The van der Waals surface area contributed by atoms with Gasteiger partial charge in [0.15, 0.2) is 5.75 Å². The molecule has 1 aliphatic carbocycles. The van der Waals surface area contributed by atoms with Gasteiger partial charge in [-0.3, -0.25) is 14.8 Å². The van der Waals surface area contributed by atoms with Gasteiger partial charge < -0.3 is 4.74 Å². The minimum atomic E-state index is -4.96. The van der Waals surface area contributed by atoms with Gasteiger partial charge in [-0.1, -0.05) is 34.8 Å².